The lowest BCUT2D eigenvalue weighted by atomic mass is 10.1. The van der Waals surface area contributed by atoms with Crippen LogP contribution in [0.5, 0.6) is 0 Å². The van der Waals surface area contributed by atoms with Crippen molar-refractivity contribution in [3.05, 3.63) is 34.4 Å². The van der Waals surface area contributed by atoms with Crippen LogP contribution in [0.2, 0.25) is 0 Å². The largest absolute Gasteiger partial charge is 0.444 e. The van der Waals surface area contributed by atoms with Gasteiger partial charge in [0.25, 0.3) is 5.69 Å². The lowest BCUT2D eigenvalue weighted by Gasteiger charge is -2.29. The molecule has 1 unspecified atom stereocenters. The first kappa shape index (κ1) is 29.8. The van der Waals surface area contributed by atoms with Crippen LogP contribution >= 0.6 is 0 Å². The number of nitro groups is 1. The van der Waals surface area contributed by atoms with Crippen LogP contribution in [0.1, 0.15) is 60.8 Å². The number of hydrogen-bond acceptors (Lipinski definition) is 7. The average Bonchev–Trinajstić information content (AvgIpc) is 3.22. The highest BCUT2D eigenvalue weighted by molar-refractivity contribution is 7.89. The number of likely N-dealkylation sites (tertiary alicyclic amines) is 1. The number of nitrogens with zero attached hydrogens (tertiary/aromatic N) is 3. The monoisotopic (exact) mass is 501 g/mol. The smallest absolute Gasteiger partial charge is 0.410 e. The van der Waals surface area contributed by atoms with E-state index in [9.17, 15) is 23.3 Å². The first-order chi connectivity index (χ1) is 15.7. The Kier molecular flexibility index (Phi) is 11.4. The molecule has 1 aliphatic rings. The van der Waals surface area contributed by atoms with E-state index in [1.165, 1.54) is 33.5 Å². The van der Waals surface area contributed by atoms with E-state index in [2.05, 4.69) is 0 Å². The normalized spacial score (nSPS) is 16.4. The maximum absolute atomic E-state index is 13.3. The second kappa shape index (κ2) is 13.0. The summed E-state index contributed by atoms with van der Waals surface area (Å²) in [5.74, 6) is 0.294. The van der Waals surface area contributed by atoms with Gasteiger partial charge in [0.15, 0.2) is 0 Å². The van der Waals surface area contributed by atoms with Gasteiger partial charge in [-0.1, -0.05) is 20.8 Å². The van der Waals surface area contributed by atoms with Crippen molar-refractivity contribution in [2.45, 2.75) is 77.3 Å². The lowest BCUT2D eigenvalue weighted by molar-refractivity contribution is -0.384. The van der Waals surface area contributed by atoms with E-state index < -0.39 is 26.6 Å². The number of aliphatic hydroxyl groups excluding tert-OH is 1. The standard InChI is InChI=1S/C20H31N3O6S.C3H8O/c1-15(2)10-13-22(17-11-12-21(14-17)19(24)29-20(3,4)5)30(27,28)18-8-6-16(7-9-18)23(25)26;1-2-3-4/h6-9,15,17H,10-14H2,1-5H3;4H,2-3H2,1H3. The molecule has 1 saturated heterocycles. The Morgan fingerprint density at radius 2 is 1.85 bits per heavy atom. The zero-order valence-electron chi connectivity index (χ0n) is 21.1. The van der Waals surface area contributed by atoms with Crippen molar-refractivity contribution in [3.63, 3.8) is 0 Å². The van der Waals surface area contributed by atoms with E-state index in [-0.39, 0.29) is 23.2 Å². The summed E-state index contributed by atoms with van der Waals surface area (Å²) in [5, 5.41) is 18.8. The molecule has 0 spiro atoms. The van der Waals surface area contributed by atoms with Crippen molar-refractivity contribution < 1.29 is 28.0 Å². The zero-order valence-corrected chi connectivity index (χ0v) is 21.9. The fourth-order valence-corrected chi connectivity index (χ4v) is 4.89. The fraction of sp³-hybridized carbons (Fsp3) is 0.696. The number of non-ortho nitro benzene ring substituents is 1. The number of carbonyl (C=O) groups is 1. The van der Waals surface area contributed by atoms with Gasteiger partial charge in [-0.15, -0.1) is 0 Å². The molecule has 1 aromatic carbocycles. The fourth-order valence-electron chi connectivity index (χ4n) is 3.23. The summed E-state index contributed by atoms with van der Waals surface area (Å²) in [4.78, 5) is 24.2. The summed E-state index contributed by atoms with van der Waals surface area (Å²) < 4.78 is 33.5. The minimum absolute atomic E-state index is 0.00701. The predicted molar refractivity (Wildman–Crippen MR) is 130 cm³/mol. The first-order valence-electron chi connectivity index (χ1n) is 11.6. The van der Waals surface area contributed by atoms with Gasteiger partial charge in [0, 0.05) is 44.4 Å². The van der Waals surface area contributed by atoms with E-state index in [1.54, 1.807) is 20.8 Å². The van der Waals surface area contributed by atoms with Crippen LogP contribution in [0, 0.1) is 16.0 Å². The van der Waals surface area contributed by atoms with Crippen molar-refractivity contribution in [2.75, 3.05) is 26.2 Å². The number of ether oxygens (including phenoxy) is 1. The van der Waals surface area contributed by atoms with Gasteiger partial charge in [-0.2, -0.15) is 4.31 Å². The second-order valence-corrected chi connectivity index (χ2v) is 11.5. The summed E-state index contributed by atoms with van der Waals surface area (Å²) in [5.41, 5.74) is -0.795. The number of carbonyl (C=O) groups excluding carboxylic acids is 1. The minimum atomic E-state index is -3.87. The van der Waals surface area contributed by atoms with Gasteiger partial charge in [0.05, 0.1) is 9.82 Å². The molecule has 1 aromatic rings. The zero-order chi connectivity index (χ0) is 26.1. The Balaban J connectivity index is 0.00000133. The van der Waals surface area contributed by atoms with Crippen molar-refractivity contribution in [1.29, 1.82) is 0 Å². The molecule has 0 saturated carbocycles. The summed E-state index contributed by atoms with van der Waals surface area (Å²) in [6, 6.07) is 4.52. The minimum Gasteiger partial charge on any atom is -0.444 e. The molecular weight excluding hydrogens is 462 g/mol. The quantitative estimate of drug-likeness (QED) is 0.420. The van der Waals surface area contributed by atoms with Gasteiger partial charge < -0.3 is 14.7 Å². The SMILES string of the molecule is CC(C)CCN(C1CCN(C(=O)OC(C)(C)C)C1)S(=O)(=O)c1ccc([N+](=O)[O-])cc1.CCCO. The highest BCUT2D eigenvalue weighted by Crippen LogP contribution is 2.27. The lowest BCUT2D eigenvalue weighted by Crippen LogP contribution is -2.44. The number of rotatable bonds is 8. The molecule has 1 atom stereocenters. The third kappa shape index (κ3) is 9.19. The summed E-state index contributed by atoms with van der Waals surface area (Å²) >= 11 is 0. The molecule has 10 nitrogen and oxygen atoms in total. The van der Waals surface area contributed by atoms with Crippen molar-refractivity contribution in [1.82, 2.24) is 9.21 Å². The number of aliphatic hydroxyl groups is 1. The topological polar surface area (TPSA) is 130 Å². The van der Waals surface area contributed by atoms with Crippen molar-refractivity contribution >= 4 is 21.8 Å². The van der Waals surface area contributed by atoms with Gasteiger partial charge >= 0.3 is 6.09 Å². The summed E-state index contributed by atoms with van der Waals surface area (Å²) in [6.07, 6.45) is 1.58. The summed E-state index contributed by atoms with van der Waals surface area (Å²) in [6.45, 7) is 12.6. The highest BCUT2D eigenvalue weighted by Gasteiger charge is 2.38. The van der Waals surface area contributed by atoms with Crippen LogP contribution in [-0.4, -0.2) is 71.6 Å². The van der Waals surface area contributed by atoms with Crippen molar-refractivity contribution in [3.8, 4) is 0 Å². The number of amides is 1. The highest BCUT2D eigenvalue weighted by atomic mass is 32.2. The number of benzene rings is 1. The molecule has 0 aliphatic carbocycles. The Labute approximate surface area is 203 Å². The number of hydrogen-bond donors (Lipinski definition) is 1. The molecule has 1 fully saturated rings. The van der Waals surface area contributed by atoms with Crippen LogP contribution < -0.4 is 0 Å². The van der Waals surface area contributed by atoms with Gasteiger partial charge in [0.2, 0.25) is 10.0 Å². The average molecular weight is 502 g/mol. The molecule has 1 amide bonds. The van der Waals surface area contributed by atoms with Crippen LogP contribution in [0.4, 0.5) is 10.5 Å². The first-order valence-corrected chi connectivity index (χ1v) is 13.0. The van der Waals surface area contributed by atoms with Gasteiger partial charge in [-0.05, 0) is 58.1 Å². The Hall–Kier alpha value is -2.24. The van der Waals surface area contributed by atoms with E-state index in [0.717, 1.165) is 6.42 Å². The molecule has 2 rings (SSSR count). The van der Waals surface area contributed by atoms with Gasteiger partial charge in [-0.3, -0.25) is 10.1 Å². The molecule has 1 heterocycles. The second-order valence-electron chi connectivity index (χ2n) is 9.64. The molecule has 34 heavy (non-hydrogen) atoms. The Morgan fingerprint density at radius 3 is 2.29 bits per heavy atom. The maximum Gasteiger partial charge on any atom is 0.410 e. The third-order valence-corrected chi connectivity index (χ3v) is 6.99. The van der Waals surface area contributed by atoms with Crippen molar-refractivity contribution in [2.24, 2.45) is 5.92 Å². The predicted octanol–water partition coefficient (Wildman–Crippen LogP) is 4.03. The Bertz CT molecular complexity index is 894. The van der Waals surface area contributed by atoms with E-state index in [4.69, 9.17) is 9.84 Å². The molecular formula is C23H39N3O7S. The Morgan fingerprint density at radius 1 is 1.29 bits per heavy atom. The van der Waals surface area contributed by atoms with Crippen LogP contribution in [0.15, 0.2) is 29.2 Å². The molecule has 1 aliphatic heterocycles. The third-order valence-electron chi connectivity index (χ3n) is 5.03. The molecule has 11 heteroatoms. The number of nitro benzene ring substituents is 1. The maximum atomic E-state index is 13.3. The molecule has 0 radical (unpaired) electrons. The number of sulfonamides is 1. The molecule has 0 aromatic heterocycles. The molecule has 194 valence electrons. The molecule has 0 bridgehead atoms. The van der Waals surface area contributed by atoms with Crippen LogP contribution in [0.3, 0.4) is 0 Å². The van der Waals surface area contributed by atoms with Gasteiger partial charge in [-0.25, -0.2) is 13.2 Å². The van der Waals surface area contributed by atoms with Crippen LogP contribution in [-0.2, 0) is 14.8 Å². The van der Waals surface area contributed by atoms with Crippen LogP contribution in [0.25, 0.3) is 0 Å². The van der Waals surface area contributed by atoms with E-state index in [0.29, 0.717) is 38.5 Å². The van der Waals surface area contributed by atoms with E-state index >= 15 is 0 Å². The molecule has 1 N–H and O–H groups in total. The van der Waals surface area contributed by atoms with E-state index in [1.807, 2.05) is 20.8 Å². The van der Waals surface area contributed by atoms with Gasteiger partial charge in [0.1, 0.15) is 5.60 Å². The summed E-state index contributed by atoms with van der Waals surface area (Å²) in [7, 11) is -3.87.